The van der Waals surface area contributed by atoms with Gasteiger partial charge in [-0.05, 0) is 36.6 Å². The van der Waals surface area contributed by atoms with E-state index >= 15 is 0 Å². The average molecular weight is 207 g/mol. The summed E-state index contributed by atoms with van der Waals surface area (Å²) >= 11 is 0. The summed E-state index contributed by atoms with van der Waals surface area (Å²) in [4.78, 5) is 0. The predicted molar refractivity (Wildman–Crippen MR) is 64.0 cm³/mol. The van der Waals surface area contributed by atoms with Crippen LogP contribution in [0, 0.1) is 5.92 Å². The number of aromatic hydroxyl groups is 1. The lowest BCUT2D eigenvalue weighted by Gasteiger charge is -2.18. The van der Waals surface area contributed by atoms with Crippen molar-refractivity contribution in [2.75, 3.05) is 6.54 Å². The van der Waals surface area contributed by atoms with Crippen molar-refractivity contribution >= 4 is 0 Å². The van der Waals surface area contributed by atoms with Crippen molar-refractivity contribution in [3.8, 4) is 5.75 Å². The lowest BCUT2D eigenvalue weighted by molar-refractivity contribution is 0.460. The predicted octanol–water partition coefficient (Wildman–Crippen LogP) is 3.09. The first-order valence-corrected chi connectivity index (χ1v) is 5.65. The van der Waals surface area contributed by atoms with Crippen molar-refractivity contribution in [3.05, 3.63) is 29.8 Å². The first-order chi connectivity index (χ1) is 7.13. The molecule has 0 aliphatic heterocycles. The van der Waals surface area contributed by atoms with Gasteiger partial charge in [-0.15, -0.1) is 0 Å². The van der Waals surface area contributed by atoms with Crippen LogP contribution in [-0.2, 0) is 0 Å². The molecule has 2 nitrogen and oxygen atoms in total. The van der Waals surface area contributed by atoms with Crippen LogP contribution < -0.4 is 5.32 Å². The molecule has 2 N–H and O–H groups in total. The monoisotopic (exact) mass is 207 g/mol. The molecule has 0 radical (unpaired) electrons. The minimum atomic E-state index is 0.331. The standard InChI is InChI=1S/C13H21NO/c1-4-13(14-9-10(2)3)11-5-7-12(15)8-6-11/h5-8,10,13-15H,4,9H2,1-3H3. The summed E-state index contributed by atoms with van der Waals surface area (Å²) in [6, 6.07) is 7.85. The summed E-state index contributed by atoms with van der Waals surface area (Å²) in [6.07, 6.45) is 1.07. The summed E-state index contributed by atoms with van der Waals surface area (Å²) in [5.74, 6) is 0.994. The Labute approximate surface area is 92.3 Å². The largest absolute Gasteiger partial charge is 0.508 e. The SMILES string of the molecule is CCC(NCC(C)C)c1ccc(O)cc1. The molecule has 0 aliphatic carbocycles. The molecule has 84 valence electrons. The van der Waals surface area contributed by atoms with Crippen molar-refractivity contribution in [1.82, 2.24) is 5.32 Å². The Hall–Kier alpha value is -1.02. The Balaban J connectivity index is 2.61. The van der Waals surface area contributed by atoms with E-state index in [0.29, 0.717) is 17.7 Å². The van der Waals surface area contributed by atoms with Crippen LogP contribution >= 0.6 is 0 Å². The molecule has 15 heavy (non-hydrogen) atoms. The summed E-state index contributed by atoms with van der Waals surface area (Å²) in [6.45, 7) is 7.61. The molecular weight excluding hydrogens is 186 g/mol. The van der Waals surface area contributed by atoms with Gasteiger partial charge in [0.05, 0.1) is 0 Å². The van der Waals surface area contributed by atoms with E-state index in [1.807, 2.05) is 12.1 Å². The van der Waals surface area contributed by atoms with Crippen LogP contribution in [0.1, 0.15) is 38.8 Å². The van der Waals surface area contributed by atoms with E-state index in [1.54, 1.807) is 12.1 Å². The second kappa shape index (κ2) is 5.76. The lowest BCUT2D eigenvalue weighted by atomic mass is 10.0. The molecule has 0 saturated carbocycles. The van der Waals surface area contributed by atoms with Crippen LogP contribution in [0.5, 0.6) is 5.75 Å². The highest BCUT2D eigenvalue weighted by atomic mass is 16.3. The zero-order valence-corrected chi connectivity index (χ0v) is 9.83. The highest BCUT2D eigenvalue weighted by Gasteiger charge is 2.08. The van der Waals surface area contributed by atoms with Crippen molar-refractivity contribution in [3.63, 3.8) is 0 Å². The number of hydrogen-bond acceptors (Lipinski definition) is 2. The molecule has 0 spiro atoms. The van der Waals surface area contributed by atoms with Gasteiger partial charge in [-0.3, -0.25) is 0 Å². The topological polar surface area (TPSA) is 32.3 Å². The molecule has 0 amide bonds. The van der Waals surface area contributed by atoms with Crippen molar-refractivity contribution < 1.29 is 5.11 Å². The minimum absolute atomic E-state index is 0.331. The van der Waals surface area contributed by atoms with E-state index in [0.717, 1.165) is 13.0 Å². The maximum Gasteiger partial charge on any atom is 0.115 e. The Morgan fingerprint density at radius 3 is 2.27 bits per heavy atom. The second-order valence-corrected chi connectivity index (χ2v) is 4.35. The van der Waals surface area contributed by atoms with Gasteiger partial charge in [-0.1, -0.05) is 32.9 Å². The maximum atomic E-state index is 9.21. The molecule has 1 unspecified atom stereocenters. The summed E-state index contributed by atoms with van der Waals surface area (Å²) < 4.78 is 0. The van der Waals surface area contributed by atoms with Gasteiger partial charge in [0.2, 0.25) is 0 Å². The summed E-state index contributed by atoms with van der Waals surface area (Å²) in [7, 11) is 0. The first-order valence-electron chi connectivity index (χ1n) is 5.65. The van der Waals surface area contributed by atoms with E-state index in [9.17, 15) is 5.11 Å². The molecule has 1 aromatic rings. The van der Waals surface area contributed by atoms with Crippen LogP contribution in [-0.4, -0.2) is 11.7 Å². The Morgan fingerprint density at radius 2 is 1.80 bits per heavy atom. The van der Waals surface area contributed by atoms with Crippen molar-refractivity contribution in [2.24, 2.45) is 5.92 Å². The molecule has 1 atom stereocenters. The van der Waals surface area contributed by atoms with Gasteiger partial charge in [0.15, 0.2) is 0 Å². The lowest BCUT2D eigenvalue weighted by Crippen LogP contribution is -2.24. The third-order valence-corrected chi connectivity index (χ3v) is 2.48. The third kappa shape index (κ3) is 3.92. The molecule has 1 aromatic carbocycles. The van der Waals surface area contributed by atoms with Crippen molar-refractivity contribution in [1.29, 1.82) is 0 Å². The fraction of sp³-hybridized carbons (Fsp3) is 0.538. The van der Waals surface area contributed by atoms with Gasteiger partial charge in [0, 0.05) is 6.04 Å². The average Bonchev–Trinajstić information content (AvgIpc) is 2.21. The van der Waals surface area contributed by atoms with Crippen LogP contribution in [0.2, 0.25) is 0 Å². The van der Waals surface area contributed by atoms with E-state index < -0.39 is 0 Å². The van der Waals surface area contributed by atoms with Gasteiger partial charge in [-0.2, -0.15) is 0 Å². The number of nitrogens with one attached hydrogen (secondary N) is 1. The normalized spacial score (nSPS) is 13.1. The van der Waals surface area contributed by atoms with Crippen LogP contribution in [0.25, 0.3) is 0 Å². The molecule has 0 saturated heterocycles. The first kappa shape index (κ1) is 12.1. The highest BCUT2D eigenvalue weighted by Crippen LogP contribution is 2.19. The van der Waals surface area contributed by atoms with E-state index in [1.165, 1.54) is 5.56 Å². The number of phenolic OH excluding ortho intramolecular Hbond substituents is 1. The number of rotatable bonds is 5. The van der Waals surface area contributed by atoms with Crippen LogP contribution in [0.15, 0.2) is 24.3 Å². The Morgan fingerprint density at radius 1 is 1.20 bits per heavy atom. The molecule has 0 aromatic heterocycles. The van der Waals surface area contributed by atoms with Crippen molar-refractivity contribution in [2.45, 2.75) is 33.2 Å². The summed E-state index contributed by atoms with van der Waals surface area (Å²) in [5.41, 5.74) is 1.25. The third-order valence-electron chi connectivity index (χ3n) is 2.48. The van der Waals surface area contributed by atoms with Gasteiger partial charge in [0.25, 0.3) is 0 Å². The van der Waals surface area contributed by atoms with Gasteiger partial charge >= 0.3 is 0 Å². The zero-order valence-electron chi connectivity index (χ0n) is 9.83. The van der Waals surface area contributed by atoms with Gasteiger partial charge in [-0.25, -0.2) is 0 Å². The fourth-order valence-electron chi connectivity index (χ4n) is 1.58. The molecule has 0 heterocycles. The van der Waals surface area contributed by atoms with Crippen LogP contribution in [0.3, 0.4) is 0 Å². The molecule has 1 rings (SSSR count). The van der Waals surface area contributed by atoms with E-state index in [-0.39, 0.29) is 0 Å². The number of hydrogen-bond donors (Lipinski definition) is 2. The molecule has 0 fully saturated rings. The van der Waals surface area contributed by atoms with Crippen LogP contribution in [0.4, 0.5) is 0 Å². The quantitative estimate of drug-likeness (QED) is 0.777. The van der Waals surface area contributed by atoms with Gasteiger partial charge in [0.1, 0.15) is 5.75 Å². The Kier molecular flexibility index (Phi) is 4.63. The fourth-order valence-corrected chi connectivity index (χ4v) is 1.58. The molecule has 2 heteroatoms. The zero-order chi connectivity index (χ0) is 11.3. The maximum absolute atomic E-state index is 9.21. The number of phenols is 1. The molecular formula is C13H21NO. The minimum Gasteiger partial charge on any atom is -0.508 e. The number of benzene rings is 1. The smallest absolute Gasteiger partial charge is 0.115 e. The highest BCUT2D eigenvalue weighted by molar-refractivity contribution is 5.27. The second-order valence-electron chi connectivity index (χ2n) is 4.35. The van der Waals surface area contributed by atoms with Gasteiger partial charge < -0.3 is 10.4 Å². The Bertz CT molecular complexity index is 279. The molecule has 0 aliphatic rings. The van der Waals surface area contributed by atoms with E-state index in [4.69, 9.17) is 0 Å². The summed E-state index contributed by atoms with van der Waals surface area (Å²) in [5, 5.41) is 12.7. The molecule has 0 bridgehead atoms. The van der Waals surface area contributed by atoms with E-state index in [2.05, 4.69) is 26.1 Å².